The first-order valence-electron chi connectivity index (χ1n) is 7.59. The highest BCUT2D eigenvalue weighted by Gasteiger charge is 2.11. The third-order valence-electron chi connectivity index (χ3n) is 3.42. The number of para-hydroxylation sites is 1. The fourth-order valence-corrected chi connectivity index (χ4v) is 3.15. The molecule has 124 valence electrons. The van der Waals surface area contributed by atoms with Crippen LogP contribution in [0.5, 0.6) is 23.3 Å². The summed E-state index contributed by atoms with van der Waals surface area (Å²) in [6, 6.07) is 18.3. The van der Waals surface area contributed by atoms with Crippen LogP contribution in [0.4, 0.5) is 0 Å². The highest BCUT2D eigenvalue weighted by atomic mass is 32.1. The van der Waals surface area contributed by atoms with E-state index < -0.39 is 5.63 Å². The molecule has 4 aromatic rings. The molecule has 0 unspecified atom stereocenters. The van der Waals surface area contributed by atoms with Gasteiger partial charge in [-0.2, -0.15) is 4.98 Å². The lowest BCUT2D eigenvalue weighted by Crippen LogP contribution is -2.00. The molecule has 0 bridgehead atoms. The fourth-order valence-electron chi connectivity index (χ4n) is 2.32. The van der Waals surface area contributed by atoms with Crippen LogP contribution in [0.25, 0.3) is 10.2 Å². The van der Waals surface area contributed by atoms with Gasteiger partial charge in [0.15, 0.2) is 0 Å². The summed E-state index contributed by atoms with van der Waals surface area (Å²) in [6.07, 6.45) is -0.0768. The molecule has 2 aromatic heterocycles. The van der Waals surface area contributed by atoms with Crippen molar-refractivity contribution < 1.29 is 13.9 Å². The van der Waals surface area contributed by atoms with Gasteiger partial charge < -0.3 is 13.9 Å². The lowest BCUT2D eigenvalue weighted by Gasteiger charge is -2.06. The Balaban J connectivity index is 1.54. The van der Waals surface area contributed by atoms with Crippen molar-refractivity contribution in [1.29, 1.82) is 0 Å². The zero-order valence-corrected chi connectivity index (χ0v) is 14.1. The van der Waals surface area contributed by atoms with Gasteiger partial charge in [0.25, 0.3) is 0 Å². The predicted octanol–water partition coefficient (Wildman–Crippen LogP) is 5.14. The van der Waals surface area contributed by atoms with Crippen molar-refractivity contribution in [2.75, 3.05) is 0 Å². The fraction of sp³-hybridized carbons (Fsp3) is 0.0526. The molecule has 2 aromatic carbocycles. The van der Waals surface area contributed by atoms with Gasteiger partial charge in [-0.15, -0.1) is 11.3 Å². The number of ether oxygens (including phenoxy) is 2. The number of hydrogen-bond donors (Lipinski definition) is 0. The molecule has 0 amide bonds. The van der Waals surface area contributed by atoms with Crippen LogP contribution < -0.4 is 15.1 Å². The number of aromatic nitrogens is 1. The molecule has 0 spiro atoms. The highest BCUT2D eigenvalue weighted by Crippen LogP contribution is 2.27. The molecule has 6 heteroatoms. The van der Waals surface area contributed by atoms with Gasteiger partial charge in [0, 0.05) is 4.88 Å². The van der Waals surface area contributed by atoms with Gasteiger partial charge in [-0.25, -0.2) is 4.79 Å². The number of benzene rings is 2. The first-order chi connectivity index (χ1) is 12.2. The van der Waals surface area contributed by atoms with Gasteiger partial charge in [0.1, 0.15) is 21.9 Å². The van der Waals surface area contributed by atoms with Crippen LogP contribution in [0.15, 0.2) is 69.9 Å². The van der Waals surface area contributed by atoms with E-state index in [9.17, 15) is 4.79 Å². The summed E-state index contributed by atoms with van der Waals surface area (Å²) >= 11 is 1.36. The van der Waals surface area contributed by atoms with Crippen molar-refractivity contribution in [3.05, 3.63) is 76.0 Å². The van der Waals surface area contributed by atoms with Crippen LogP contribution in [0, 0.1) is 6.92 Å². The van der Waals surface area contributed by atoms with E-state index in [-0.39, 0.29) is 6.08 Å². The zero-order chi connectivity index (χ0) is 17.2. The summed E-state index contributed by atoms with van der Waals surface area (Å²) in [6.45, 7) is 1.91. The molecule has 0 fully saturated rings. The monoisotopic (exact) mass is 351 g/mol. The van der Waals surface area contributed by atoms with E-state index in [0.29, 0.717) is 21.7 Å². The Morgan fingerprint density at radius 3 is 2.28 bits per heavy atom. The third kappa shape index (κ3) is 3.39. The molecule has 0 aliphatic rings. The van der Waals surface area contributed by atoms with Gasteiger partial charge in [-0.05, 0) is 49.4 Å². The maximum Gasteiger partial charge on any atom is 0.402 e. The van der Waals surface area contributed by atoms with E-state index in [4.69, 9.17) is 13.9 Å². The number of thiophene rings is 1. The molecular weight excluding hydrogens is 338 g/mol. The molecule has 5 nitrogen and oxygen atoms in total. The summed E-state index contributed by atoms with van der Waals surface area (Å²) in [4.78, 5) is 17.2. The summed E-state index contributed by atoms with van der Waals surface area (Å²) in [5.74, 6) is 1.93. The average Bonchev–Trinajstić information content (AvgIpc) is 2.99. The maximum atomic E-state index is 12.0. The van der Waals surface area contributed by atoms with Crippen LogP contribution in [0.1, 0.15) is 4.88 Å². The largest absolute Gasteiger partial charge is 0.457 e. The Kier molecular flexibility index (Phi) is 3.95. The molecule has 25 heavy (non-hydrogen) atoms. The summed E-state index contributed by atoms with van der Waals surface area (Å²) in [7, 11) is 0. The topological polar surface area (TPSA) is 61.6 Å². The zero-order valence-electron chi connectivity index (χ0n) is 13.3. The van der Waals surface area contributed by atoms with Gasteiger partial charge in [0.05, 0.1) is 5.52 Å². The molecular formula is C19H13NO4S. The van der Waals surface area contributed by atoms with E-state index in [1.165, 1.54) is 11.3 Å². The van der Waals surface area contributed by atoms with Crippen molar-refractivity contribution in [2.24, 2.45) is 0 Å². The van der Waals surface area contributed by atoms with Crippen LogP contribution in [0.2, 0.25) is 0 Å². The Morgan fingerprint density at radius 2 is 1.56 bits per heavy atom. The third-order valence-corrected chi connectivity index (χ3v) is 4.44. The number of nitrogens with zero attached hydrogens (tertiary/aromatic N) is 1. The normalized spacial score (nSPS) is 10.8. The summed E-state index contributed by atoms with van der Waals surface area (Å²) in [5, 5.41) is 0. The SMILES string of the molecule is Cc1cc2nc(Oc3ccc(Oc4ccccc4)cc3)oc(=O)c2s1. The Bertz CT molecular complexity index is 1070. The molecule has 0 aliphatic heterocycles. The molecule has 0 saturated heterocycles. The minimum absolute atomic E-state index is 0.0768. The van der Waals surface area contributed by atoms with E-state index in [2.05, 4.69) is 4.98 Å². The molecule has 0 atom stereocenters. The Morgan fingerprint density at radius 1 is 0.920 bits per heavy atom. The minimum atomic E-state index is -0.442. The number of aryl methyl sites for hydroxylation is 1. The van der Waals surface area contributed by atoms with Crippen molar-refractivity contribution in [2.45, 2.75) is 6.92 Å². The molecule has 0 N–H and O–H groups in total. The van der Waals surface area contributed by atoms with Crippen LogP contribution in [-0.4, -0.2) is 4.98 Å². The molecule has 0 saturated carbocycles. The standard InChI is InChI=1S/C19H13NO4S/c1-12-11-16-17(25-12)18(21)24-19(20-16)23-15-9-7-14(8-10-15)22-13-5-3-2-4-6-13/h2-11H,1H3. The predicted molar refractivity (Wildman–Crippen MR) is 95.9 cm³/mol. The minimum Gasteiger partial charge on any atom is -0.457 e. The maximum absolute atomic E-state index is 12.0. The first-order valence-corrected chi connectivity index (χ1v) is 8.41. The second kappa shape index (κ2) is 6.41. The second-order valence-electron chi connectivity index (χ2n) is 5.33. The Hall–Kier alpha value is -3.12. The van der Waals surface area contributed by atoms with Crippen molar-refractivity contribution >= 4 is 21.6 Å². The van der Waals surface area contributed by atoms with Crippen LogP contribution >= 0.6 is 11.3 Å². The van der Waals surface area contributed by atoms with Crippen LogP contribution in [0.3, 0.4) is 0 Å². The van der Waals surface area contributed by atoms with Gasteiger partial charge in [-0.3, -0.25) is 0 Å². The molecule has 2 heterocycles. The molecule has 0 radical (unpaired) electrons. The van der Waals surface area contributed by atoms with E-state index in [0.717, 1.165) is 10.6 Å². The number of hydrogen-bond acceptors (Lipinski definition) is 6. The molecule has 0 aliphatic carbocycles. The van der Waals surface area contributed by atoms with Gasteiger partial charge in [-0.1, -0.05) is 18.2 Å². The summed E-state index contributed by atoms with van der Waals surface area (Å²) in [5.41, 5.74) is 0.139. The number of rotatable bonds is 4. The Labute approximate surface area is 147 Å². The smallest absolute Gasteiger partial charge is 0.402 e. The van der Waals surface area contributed by atoms with Gasteiger partial charge in [0.2, 0.25) is 0 Å². The summed E-state index contributed by atoms with van der Waals surface area (Å²) < 4.78 is 16.9. The first kappa shape index (κ1) is 15.4. The van der Waals surface area contributed by atoms with Crippen molar-refractivity contribution in [1.82, 2.24) is 4.98 Å². The van der Waals surface area contributed by atoms with Crippen LogP contribution in [-0.2, 0) is 0 Å². The van der Waals surface area contributed by atoms with Gasteiger partial charge >= 0.3 is 11.7 Å². The van der Waals surface area contributed by atoms with E-state index in [1.54, 1.807) is 24.3 Å². The second-order valence-corrected chi connectivity index (χ2v) is 6.58. The van der Waals surface area contributed by atoms with E-state index >= 15 is 0 Å². The average molecular weight is 351 g/mol. The van der Waals surface area contributed by atoms with Crippen molar-refractivity contribution in [3.63, 3.8) is 0 Å². The highest BCUT2D eigenvalue weighted by molar-refractivity contribution is 7.18. The lowest BCUT2D eigenvalue weighted by molar-refractivity contribution is 0.307. The quantitative estimate of drug-likeness (QED) is 0.509. The number of fused-ring (bicyclic) bond motifs is 1. The van der Waals surface area contributed by atoms with Crippen molar-refractivity contribution in [3.8, 4) is 23.3 Å². The molecule has 4 rings (SSSR count). The van der Waals surface area contributed by atoms with E-state index in [1.807, 2.05) is 43.3 Å². The lowest BCUT2D eigenvalue weighted by atomic mass is 10.3.